The molecular weight excluding hydrogens is 294 g/mol. The smallest absolute Gasteiger partial charge is 0.137 e. The highest BCUT2D eigenvalue weighted by atomic mass is 35.5. The lowest BCUT2D eigenvalue weighted by molar-refractivity contribution is 0.344. The molecule has 2 aromatic carbocycles. The average molecular weight is 310 g/mol. The normalized spacial score (nSPS) is 10.3. The number of thioether (sulfide) groups is 1. The fourth-order valence-corrected chi connectivity index (χ4v) is 2.69. The molecule has 0 saturated carbocycles. The second-order valence-electron chi connectivity index (χ2n) is 4.04. The Labute approximate surface area is 128 Å². The molecule has 2 rings (SSSR count). The average Bonchev–Trinajstić information content (AvgIpc) is 2.46. The Morgan fingerprint density at radius 2 is 1.95 bits per heavy atom. The van der Waals surface area contributed by atoms with Crippen LogP contribution in [0.5, 0.6) is 11.5 Å². The lowest BCUT2D eigenvalue weighted by Crippen LogP contribution is -2.01. The van der Waals surface area contributed by atoms with E-state index in [9.17, 15) is 0 Å². The standard InChI is InChI=1S/C15H16ClNO2S/c1-18-14-10-11(17)6-7-15(14)20-9-8-19-13-5-3-2-4-12(13)16/h2-7,10H,8-9,17H2,1H3. The molecule has 2 aromatic rings. The van der Waals surface area contributed by atoms with Crippen LogP contribution in [0.2, 0.25) is 5.02 Å². The van der Waals surface area contributed by atoms with Crippen molar-refractivity contribution >= 4 is 29.1 Å². The largest absolute Gasteiger partial charge is 0.496 e. The summed E-state index contributed by atoms with van der Waals surface area (Å²) in [5, 5.41) is 0.627. The van der Waals surface area contributed by atoms with Crippen molar-refractivity contribution in [1.29, 1.82) is 0 Å². The van der Waals surface area contributed by atoms with E-state index in [-0.39, 0.29) is 0 Å². The van der Waals surface area contributed by atoms with Crippen molar-refractivity contribution < 1.29 is 9.47 Å². The van der Waals surface area contributed by atoms with E-state index in [1.807, 2.05) is 42.5 Å². The predicted octanol–water partition coefficient (Wildman–Crippen LogP) is 4.10. The van der Waals surface area contributed by atoms with Crippen molar-refractivity contribution in [3.8, 4) is 11.5 Å². The molecule has 0 aliphatic heterocycles. The van der Waals surface area contributed by atoms with Gasteiger partial charge in [0.15, 0.2) is 0 Å². The number of hydrogen-bond donors (Lipinski definition) is 1. The maximum Gasteiger partial charge on any atom is 0.137 e. The minimum atomic E-state index is 0.571. The Hall–Kier alpha value is -1.52. The summed E-state index contributed by atoms with van der Waals surface area (Å²) in [6.07, 6.45) is 0. The zero-order valence-corrected chi connectivity index (χ0v) is 12.7. The van der Waals surface area contributed by atoms with Gasteiger partial charge in [0.2, 0.25) is 0 Å². The molecule has 0 aliphatic rings. The van der Waals surface area contributed by atoms with Gasteiger partial charge in [-0.25, -0.2) is 0 Å². The minimum Gasteiger partial charge on any atom is -0.496 e. The summed E-state index contributed by atoms with van der Waals surface area (Å²) < 4.78 is 10.9. The van der Waals surface area contributed by atoms with Crippen LogP contribution in [-0.4, -0.2) is 19.5 Å². The first kappa shape index (κ1) is 14.9. The molecule has 0 bridgehead atoms. The van der Waals surface area contributed by atoms with Crippen molar-refractivity contribution in [2.24, 2.45) is 0 Å². The molecule has 2 N–H and O–H groups in total. The van der Waals surface area contributed by atoms with Gasteiger partial charge < -0.3 is 15.2 Å². The van der Waals surface area contributed by atoms with E-state index >= 15 is 0 Å². The van der Waals surface area contributed by atoms with E-state index in [0.29, 0.717) is 23.1 Å². The molecule has 0 heterocycles. The molecular formula is C15H16ClNO2S. The number of rotatable bonds is 6. The summed E-state index contributed by atoms with van der Waals surface area (Å²) in [5.41, 5.74) is 6.41. The van der Waals surface area contributed by atoms with E-state index in [2.05, 4.69) is 0 Å². The molecule has 20 heavy (non-hydrogen) atoms. The first-order valence-electron chi connectivity index (χ1n) is 6.14. The number of nitrogens with two attached hydrogens (primary N) is 1. The van der Waals surface area contributed by atoms with Crippen LogP contribution < -0.4 is 15.2 Å². The fourth-order valence-electron chi connectivity index (χ4n) is 1.67. The number of hydrogen-bond acceptors (Lipinski definition) is 4. The number of para-hydroxylation sites is 1. The summed E-state index contributed by atoms with van der Waals surface area (Å²) in [7, 11) is 1.64. The van der Waals surface area contributed by atoms with E-state index in [1.54, 1.807) is 18.9 Å². The van der Waals surface area contributed by atoms with Crippen LogP contribution in [0.1, 0.15) is 0 Å². The van der Waals surface area contributed by atoms with Gasteiger partial charge in [-0.1, -0.05) is 23.7 Å². The molecule has 5 heteroatoms. The number of benzene rings is 2. The molecule has 0 aromatic heterocycles. The van der Waals surface area contributed by atoms with Gasteiger partial charge in [-0.2, -0.15) is 0 Å². The third kappa shape index (κ3) is 3.99. The Bertz CT molecular complexity index is 578. The van der Waals surface area contributed by atoms with Crippen LogP contribution in [-0.2, 0) is 0 Å². The summed E-state index contributed by atoms with van der Waals surface area (Å²) in [5.74, 6) is 2.29. The van der Waals surface area contributed by atoms with Gasteiger partial charge in [0.05, 0.1) is 18.7 Å². The number of anilines is 1. The number of methoxy groups -OCH3 is 1. The predicted molar refractivity (Wildman–Crippen MR) is 85.1 cm³/mol. The number of halogens is 1. The SMILES string of the molecule is COc1cc(N)ccc1SCCOc1ccccc1Cl. The monoisotopic (exact) mass is 309 g/mol. The Balaban J connectivity index is 1.86. The second kappa shape index (κ2) is 7.31. The van der Waals surface area contributed by atoms with Gasteiger partial charge in [0.1, 0.15) is 11.5 Å². The van der Waals surface area contributed by atoms with Crippen LogP contribution in [0.4, 0.5) is 5.69 Å². The molecule has 106 valence electrons. The lowest BCUT2D eigenvalue weighted by Gasteiger charge is -2.10. The minimum absolute atomic E-state index is 0.571. The van der Waals surface area contributed by atoms with Gasteiger partial charge in [-0.15, -0.1) is 11.8 Å². The van der Waals surface area contributed by atoms with Crippen LogP contribution in [0.15, 0.2) is 47.4 Å². The van der Waals surface area contributed by atoms with Gasteiger partial charge in [0.25, 0.3) is 0 Å². The van der Waals surface area contributed by atoms with Gasteiger partial charge in [0, 0.05) is 22.4 Å². The van der Waals surface area contributed by atoms with Crippen LogP contribution in [0.3, 0.4) is 0 Å². The fraction of sp³-hybridized carbons (Fsp3) is 0.200. The molecule has 0 atom stereocenters. The van der Waals surface area contributed by atoms with E-state index < -0.39 is 0 Å². The lowest BCUT2D eigenvalue weighted by atomic mass is 10.3. The maximum atomic E-state index is 6.02. The zero-order chi connectivity index (χ0) is 14.4. The Kier molecular flexibility index (Phi) is 5.44. The highest BCUT2D eigenvalue weighted by Crippen LogP contribution is 2.31. The quantitative estimate of drug-likeness (QED) is 0.495. The number of nitrogen functional groups attached to an aromatic ring is 1. The summed E-state index contributed by atoms with van der Waals surface area (Å²) in [6.45, 7) is 0.571. The molecule has 0 aliphatic carbocycles. The summed E-state index contributed by atoms with van der Waals surface area (Å²) >= 11 is 7.68. The third-order valence-electron chi connectivity index (χ3n) is 2.62. The van der Waals surface area contributed by atoms with E-state index in [4.69, 9.17) is 26.8 Å². The van der Waals surface area contributed by atoms with Gasteiger partial charge >= 0.3 is 0 Å². The Morgan fingerprint density at radius 1 is 1.15 bits per heavy atom. The Morgan fingerprint density at radius 3 is 2.70 bits per heavy atom. The molecule has 3 nitrogen and oxygen atoms in total. The zero-order valence-electron chi connectivity index (χ0n) is 11.1. The second-order valence-corrected chi connectivity index (χ2v) is 5.58. The third-order valence-corrected chi connectivity index (χ3v) is 3.95. The van der Waals surface area contributed by atoms with Crippen molar-refractivity contribution in [3.05, 3.63) is 47.5 Å². The van der Waals surface area contributed by atoms with Crippen molar-refractivity contribution in [2.45, 2.75) is 4.90 Å². The van der Waals surface area contributed by atoms with Crippen LogP contribution in [0.25, 0.3) is 0 Å². The first-order chi connectivity index (χ1) is 9.70. The first-order valence-corrected chi connectivity index (χ1v) is 7.50. The molecule has 0 spiro atoms. The molecule has 0 fully saturated rings. The van der Waals surface area contributed by atoms with Crippen LogP contribution in [0, 0.1) is 0 Å². The molecule has 0 unspecified atom stereocenters. The number of ether oxygens (including phenoxy) is 2. The summed E-state index contributed by atoms with van der Waals surface area (Å²) in [4.78, 5) is 1.05. The highest BCUT2D eigenvalue weighted by molar-refractivity contribution is 7.99. The van der Waals surface area contributed by atoms with E-state index in [0.717, 1.165) is 16.4 Å². The maximum absolute atomic E-state index is 6.02. The topological polar surface area (TPSA) is 44.5 Å². The highest BCUT2D eigenvalue weighted by Gasteiger charge is 2.05. The van der Waals surface area contributed by atoms with Crippen LogP contribution >= 0.6 is 23.4 Å². The van der Waals surface area contributed by atoms with Crippen molar-refractivity contribution in [3.63, 3.8) is 0 Å². The molecule has 0 amide bonds. The van der Waals surface area contributed by atoms with Crippen molar-refractivity contribution in [1.82, 2.24) is 0 Å². The molecule has 0 saturated heterocycles. The summed E-state index contributed by atoms with van der Waals surface area (Å²) in [6, 6.07) is 13.1. The van der Waals surface area contributed by atoms with Crippen molar-refractivity contribution in [2.75, 3.05) is 25.2 Å². The van der Waals surface area contributed by atoms with Gasteiger partial charge in [-0.3, -0.25) is 0 Å². The van der Waals surface area contributed by atoms with E-state index in [1.165, 1.54) is 0 Å². The van der Waals surface area contributed by atoms with Gasteiger partial charge in [-0.05, 0) is 24.3 Å². The molecule has 0 radical (unpaired) electrons.